The van der Waals surface area contributed by atoms with E-state index in [1.807, 2.05) is 0 Å². The van der Waals surface area contributed by atoms with Crippen LogP contribution in [0, 0.1) is 5.41 Å². The summed E-state index contributed by atoms with van der Waals surface area (Å²) >= 11 is 0. The molecule has 0 bridgehead atoms. The predicted molar refractivity (Wildman–Crippen MR) is 64.7 cm³/mol. The van der Waals surface area contributed by atoms with Gasteiger partial charge in [-0.2, -0.15) is 4.98 Å². The minimum atomic E-state index is -2.63. The number of anilines is 1. The first-order chi connectivity index (χ1) is 9.26. The van der Waals surface area contributed by atoms with Gasteiger partial charge in [-0.3, -0.25) is 14.6 Å². The van der Waals surface area contributed by atoms with Crippen molar-refractivity contribution in [3.05, 3.63) is 22.6 Å². The molecule has 9 heteroatoms. The van der Waals surface area contributed by atoms with Crippen molar-refractivity contribution in [2.24, 2.45) is 5.41 Å². The normalized spacial score (nSPS) is 32.3. The van der Waals surface area contributed by atoms with Gasteiger partial charge < -0.3 is 14.9 Å². The van der Waals surface area contributed by atoms with E-state index in [4.69, 9.17) is 15.1 Å². The lowest BCUT2D eigenvalue weighted by atomic mass is 9.84. The minimum Gasteiger partial charge on any atom is -0.390 e. The van der Waals surface area contributed by atoms with E-state index in [1.54, 1.807) is 5.48 Å². The van der Waals surface area contributed by atoms with Crippen molar-refractivity contribution in [1.29, 1.82) is 0 Å². The first kappa shape index (κ1) is 14.9. The van der Waals surface area contributed by atoms with E-state index in [0.29, 0.717) is 0 Å². The Hall–Kier alpha value is -1.55. The number of aliphatic hydroxyl groups excluding tert-OH is 2. The van der Waals surface area contributed by atoms with Gasteiger partial charge >= 0.3 is 0 Å². The average Bonchev–Trinajstić information content (AvgIpc) is 2.60. The molecule has 4 N–H and O–H groups in total. The van der Waals surface area contributed by atoms with E-state index in [1.165, 1.54) is 24.6 Å². The Bertz CT molecular complexity index is 563. The van der Waals surface area contributed by atoms with Gasteiger partial charge in [-0.15, -0.1) is 0 Å². The summed E-state index contributed by atoms with van der Waals surface area (Å²) in [5, 5.41) is 28.0. The number of hydrogen-bond acceptors (Lipinski definition) is 7. The molecule has 1 fully saturated rings. The van der Waals surface area contributed by atoms with Gasteiger partial charge in [-0.25, -0.2) is 9.87 Å². The largest absolute Gasteiger partial charge is 0.390 e. The quantitative estimate of drug-likeness (QED) is 0.560. The molecule has 8 nitrogen and oxygen atoms in total. The highest BCUT2D eigenvalue weighted by Gasteiger charge is 2.60. The third-order valence-electron chi connectivity index (χ3n) is 3.46. The molecule has 0 unspecified atom stereocenters. The number of rotatable bonds is 3. The van der Waals surface area contributed by atoms with Crippen LogP contribution in [0.5, 0.6) is 0 Å². The van der Waals surface area contributed by atoms with Crippen LogP contribution < -0.4 is 11.0 Å². The van der Waals surface area contributed by atoms with Gasteiger partial charge in [-0.05, 0) is 0 Å². The van der Waals surface area contributed by atoms with E-state index < -0.39 is 35.8 Å². The van der Waals surface area contributed by atoms with Gasteiger partial charge in [0.2, 0.25) is 5.95 Å². The number of halogens is 1. The Balaban J connectivity index is 2.51. The molecule has 1 aromatic rings. The number of aromatic nitrogens is 2. The zero-order valence-corrected chi connectivity index (χ0v) is 10.9. The number of nitrogens with zero attached hydrogens (tertiary/aromatic N) is 2. The number of ether oxygens (including phenoxy) is 1. The minimum absolute atomic E-state index is 0.259. The van der Waals surface area contributed by atoms with Crippen molar-refractivity contribution in [3.8, 4) is 0 Å². The lowest BCUT2D eigenvalue weighted by Crippen LogP contribution is -2.43. The molecule has 2 heterocycles. The molecule has 0 aliphatic carbocycles. The second-order valence-electron chi connectivity index (χ2n) is 5.25. The van der Waals surface area contributed by atoms with Crippen molar-refractivity contribution >= 4 is 5.95 Å². The second kappa shape index (κ2) is 4.77. The zero-order chi connectivity index (χ0) is 15.1. The molecule has 1 aromatic heterocycles. The van der Waals surface area contributed by atoms with E-state index in [-0.39, 0.29) is 5.95 Å². The summed E-state index contributed by atoms with van der Waals surface area (Å²) in [5.74, 6) is -2.89. The fourth-order valence-corrected chi connectivity index (χ4v) is 2.32. The number of alkyl halides is 1. The summed E-state index contributed by atoms with van der Waals surface area (Å²) in [7, 11) is 0. The third-order valence-corrected chi connectivity index (χ3v) is 3.46. The Labute approximate surface area is 113 Å². The Morgan fingerprint density at radius 3 is 2.75 bits per heavy atom. The van der Waals surface area contributed by atoms with Crippen LogP contribution in [0.2, 0.25) is 0 Å². The van der Waals surface area contributed by atoms with Gasteiger partial charge in [0, 0.05) is 17.7 Å². The summed E-state index contributed by atoms with van der Waals surface area (Å²) in [6, 6.07) is 1.10. The van der Waals surface area contributed by atoms with Crippen LogP contribution in [0.1, 0.15) is 20.1 Å². The highest BCUT2D eigenvalue weighted by Crippen LogP contribution is 2.50. The molecule has 1 saturated heterocycles. The van der Waals surface area contributed by atoms with Gasteiger partial charge in [0.05, 0.1) is 0 Å². The molecule has 3 atom stereocenters. The van der Waals surface area contributed by atoms with E-state index in [0.717, 1.165) is 6.07 Å². The zero-order valence-electron chi connectivity index (χ0n) is 10.9. The van der Waals surface area contributed by atoms with Gasteiger partial charge in [0.15, 0.2) is 0 Å². The van der Waals surface area contributed by atoms with Gasteiger partial charge in [0.1, 0.15) is 18.9 Å². The van der Waals surface area contributed by atoms with E-state index in [9.17, 15) is 14.3 Å². The Kier molecular flexibility index (Phi) is 3.54. The SMILES string of the molecule is CC1(C)[C@H](n2ccc(=O)nc2NO)O[C@](F)(CO)[C@H]1O. The molecule has 1 aliphatic heterocycles. The third kappa shape index (κ3) is 2.08. The summed E-state index contributed by atoms with van der Waals surface area (Å²) in [4.78, 5) is 14.6. The standard InChI is InChI=1S/C11H16FN3O5/c1-10(2)7(18)11(12,5-16)20-8(10)15-4-3-6(17)13-9(15)14-19/h3-4,7-8,16,18-19H,5H2,1-2H3,(H,13,14,17)/t7-,8+,11+/m0/s1. The highest BCUT2D eigenvalue weighted by atomic mass is 19.2. The molecule has 112 valence electrons. The Morgan fingerprint density at radius 1 is 1.60 bits per heavy atom. The maximum atomic E-state index is 14.3. The number of aliphatic hydroxyl groups is 2. The number of nitrogens with one attached hydrogen (secondary N) is 1. The molecule has 0 radical (unpaired) electrons. The lowest BCUT2D eigenvalue weighted by molar-refractivity contribution is -0.206. The van der Waals surface area contributed by atoms with Crippen molar-refractivity contribution in [2.75, 3.05) is 12.1 Å². The average molecular weight is 289 g/mol. The molecule has 0 spiro atoms. The Morgan fingerprint density at radius 2 is 2.25 bits per heavy atom. The molecule has 2 rings (SSSR count). The van der Waals surface area contributed by atoms with Crippen molar-refractivity contribution in [3.63, 3.8) is 0 Å². The molecule has 0 saturated carbocycles. The fraction of sp³-hybridized carbons (Fsp3) is 0.636. The van der Waals surface area contributed by atoms with Crippen molar-refractivity contribution in [1.82, 2.24) is 9.55 Å². The van der Waals surface area contributed by atoms with E-state index >= 15 is 0 Å². The molecule has 0 amide bonds. The molecular formula is C11H16FN3O5. The predicted octanol–water partition coefficient (Wildman–Crippen LogP) is -0.382. The summed E-state index contributed by atoms with van der Waals surface area (Å²) in [6.07, 6.45) is -1.44. The monoisotopic (exact) mass is 289 g/mol. The molecule has 1 aliphatic rings. The van der Waals surface area contributed by atoms with Crippen LogP contribution in [-0.4, -0.2) is 43.5 Å². The van der Waals surface area contributed by atoms with Crippen LogP contribution in [-0.2, 0) is 4.74 Å². The van der Waals surface area contributed by atoms with Gasteiger partial charge in [-0.1, -0.05) is 13.8 Å². The molecule has 0 aromatic carbocycles. The van der Waals surface area contributed by atoms with E-state index in [2.05, 4.69) is 4.98 Å². The lowest BCUT2D eigenvalue weighted by Gasteiger charge is -2.29. The van der Waals surface area contributed by atoms with Crippen LogP contribution >= 0.6 is 0 Å². The second-order valence-corrected chi connectivity index (χ2v) is 5.25. The first-order valence-electron chi connectivity index (χ1n) is 5.91. The summed E-state index contributed by atoms with van der Waals surface area (Å²) in [5.41, 5.74) is -0.0310. The topological polar surface area (TPSA) is 117 Å². The number of hydrogen-bond donors (Lipinski definition) is 4. The first-order valence-corrected chi connectivity index (χ1v) is 5.91. The summed E-state index contributed by atoms with van der Waals surface area (Å²) in [6.45, 7) is 2.03. The van der Waals surface area contributed by atoms with Crippen LogP contribution in [0.15, 0.2) is 17.1 Å². The van der Waals surface area contributed by atoms with Gasteiger partial charge in [0.25, 0.3) is 11.4 Å². The summed E-state index contributed by atoms with van der Waals surface area (Å²) < 4.78 is 20.5. The molecular weight excluding hydrogens is 273 g/mol. The molecule has 20 heavy (non-hydrogen) atoms. The van der Waals surface area contributed by atoms with Crippen LogP contribution in [0.3, 0.4) is 0 Å². The highest BCUT2D eigenvalue weighted by molar-refractivity contribution is 5.23. The van der Waals surface area contributed by atoms with Crippen molar-refractivity contribution in [2.45, 2.75) is 32.0 Å². The maximum absolute atomic E-state index is 14.3. The van der Waals surface area contributed by atoms with Crippen molar-refractivity contribution < 1.29 is 24.5 Å². The van der Waals surface area contributed by atoms with Crippen LogP contribution in [0.25, 0.3) is 0 Å². The fourth-order valence-electron chi connectivity index (χ4n) is 2.32. The maximum Gasteiger partial charge on any atom is 0.274 e. The smallest absolute Gasteiger partial charge is 0.274 e. The van der Waals surface area contributed by atoms with Crippen LogP contribution in [0.4, 0.5) is 10.3 Å².